The number of nitrogens with zero attached hydrogens (tertiary/aromatic N) is 4. The van der Waals surface area contributed by atoms with E-state index in [9.17, 15) is 48.9 Å². The molecule has 0 saturated heterocycles. The third-order valence-corrected chi connectivity index (χ3v) is 8.24. The molecule has 0 aliphatic carbocycles. The summed E-state index contributed by atoms with van der Waals surface area (Å²) in [5.41, 5.74) is 2.63. The van der Waals surface area contributed by atoms with E-state index in [4.69, 9.17) is 15.2 Å². The van der Waals surface area contributed by atoms with Crippen molar-refractivity contribution in [2.24, 2.45) is 0 Å². The largest absolute Gasteiger partial charge is 0.573 e. The standard InChI is InChI=1S/C25H29F9N7O5P/c1-4-9-44-21(42)22(2,3)40-47(43,39-18(24(29,30)31)14-5-7-15(8-6-14)46-25(32,33)34)13-45-16(23(26,27)28)10-41-12-38-17-19(35)36-11-37-20(17)41/h5-8,11-12,16,18H,4,9-10,13H2,1-3H3,(H2,35,36,37)(H2,39,40,43). The first-order valence-electron chi connectivity index (χ1n) is 13.4. The van der Waals surface area contributed by atoms with Crippen LogP contribution in [0.2, 0.25) is 0 Å². The molecule has 22 heteroatoms. The van der Waals surface area contributed by atoms with Gasteiger partial charge in [0.05, 0.1) is 19.5 Å². The molecule has 0 fully saturated rings. The molecule has 2 heterocycles. The highest BCUT2D eigenvalue weighted by molar-refractivity contribution is 7.59. The number of carbonyl (C=O) groups excluding carboxylic acids is 1. The second-order valence-corrected chi connectivity index (χ2v) is 12.7. The molecule has 3 rings (SSSR count). The number of anilines is 1. The number of imidazole rings is 1. The second-order valence-electron chi connectivity index (χ2n) is 10.5. The number of ether oxygens (including phenoxy) is 3. The summed E-state index contributed by atoms with van der Waals surface area (Å²) in [4.78, 5) is 24.0. The summed E-state index contributed by atoms with van der Waals surface area (Å²) in [5.74, 6) is -2.13. The van der Waals surface area contributed by atoms with Crippen molar-refractivity contribution in [3.63, 3.8) is 0 Å². The number of halogens is 9. The van der Waals surface area contributed by atoms with Crippen LogP contribution in [-0.2, 0) is 25.4 Å². The van der Waals surface area contributed by atoms with Gasteiger partial charge in [-0.15, -0.1) is 13.2 Å². The van der Waals surface area contributed by atoms with Crippen LogP contribution in [0.1, 0.15) is 38.8 Å². The van der Waals surface area contributed by atoms with Crippen LogP contribution in [0.4, 0.5) is 45.3 Å². The second kappa shape index (κ2) is 14.2. The molecule has 0 aliphatic rings. The molecule has 0 spiro atoms. The molecule has 1 aromatic carbocycles. The highest BCUT2D eigenvalue weighted by Crippen LogP contribution is 2.47. The van der Waals surface area contributed by atoms with E-state index in [2.05, 4.69) is 24.8 Å². The number of nitrogens with one attached hydrogen (secondary N) is 2. The van der Waals surface area contributed by atoms with E-state index >= 15 is 0 Å². The minimum Gasteiger partial charge on any atom is -0.464 e. The quantitative estimate of drug-likeness (QED) is 0.109. The minimum atomic E-state index is -5.32. The predicted molar refractivity (Wildman–Crippen MR) is 147 cm³/mol. The highest BCUT2D eigenvalue weighted by Gasteiger charge is 2.49. The van der Waals surface area contributed by atoms with Gasteiger partial charge in [0, 0.05) is 0 Å². The van der Waals surface area contributed by atoms with Gasteiger partial charge in [-0.1, -0.05) is 19.1 Å². The zero-order valence-electron chi connectivity index (χ0n) is 24.7. The van der Waals surface area contributed by atoms with Crippen molar-refractivity contribution >= 4 is 30.4 Å². The maximum atomic E-state index is 14.3. The first kappa shape index (κ1) is 37.8. The third-order valence-electron chi connectivity index (χ3n) is 6.13. The average molecular weight is 710 g/mol. The number of nitrogen functional groups attached to an aromatic ring is 1. The fourth-order valence-electron chi connectivity index (χ4n) is 4.04. The lowest BCUT2D eigenvalue weighted by Gasteiger charge is -2.34. The van der Waals surface area contributed by atoms with E-state index < -0.39 is 74.0 Å². The van der Waals surface area contributed by atoms with Gasteiger partial charge in [0.25, 0.3) is 0 Å². The topological polar surface area (TPSA) is 156 Å². The molecule has 0 amide bonds. The van der Waals surface area contributed by atoms with E-state index in [1.807, 2.05) is 0 Å². The number of fused-ring (bicyclic) bond motifs is 1. The van der Waals surface area contributed by atoms with Crippen LogP contribution in [0.5, 0.6) is 5.75 Å². The van der Waals surface area contributed by atoms with Crippen molar-refractivity contribution in [1.29, 1.82) is 0 Å². The van der Waals surface area contributed by atoms with Crippen LogP contribution in [0.3, 0.4) is 0 Å². The SMILES string of the molecule is CCCOC(=O)C(C)(C)NP(=O)(COC(Cn1cnc2c(N)ncnc21)C(F)(F)F)NC(c1ccc(OC(F)(F)F)cc1)C(F)(F)F. The molecule has 4 N–H and O–H groups in total. The molecule has 12 nitrogen and oxygen atoms in total. The molecule has 2 aromatic heterocycles. The van der Waals surface area contributed by atoms with Gasteiger partial charge in [-0.3, -0.25) is 9.36 Å². The number of nitrogens with two attached hydrogens (primary N) is 1. The lowest BCUT2D eigenvalue weighted by Crippen LogP contribution is -2.50. The van der Waals surface area contributed by atoms with Gasteiger partial charge in [-0.25, -0.2) is 25.1 Å². The number of hydrogen-bond donors (Lipinski definition) is 3. The average Bonchev–Trinajstić information content (AvgIpc) is 3.35. The molecule has 3 unspecified atom stereocenters. The van der Waals surface area contributed by atoms with Gasteiger partial charge in [0.2, 0.25) is 7.44 Å². The number of rotatable bonds is 14. The summed E-state index contributed by atoms with van der Waals surface area (Å²) in [6, 6.07) is -0.693. The van der Waals surface area contributed by atoms with Crippen LogP contribution in [0, 0.1) is 0 Å². The molecular weight excluding hydrogens is 680 g/mol. The first-order valence-corrected chi connectivity index (χ1v) is 15.3. The minimum absolute atomic E-state index is 0.0468. The first-order chi connectivity index (χ1) is 21.5. The van der Waals surface area contributed by atoms with E-state index in [0.717, 1.165) is 31.1 Å². The number of benzene rings is 1. The molecule has 3 atom stereocenters. The molecule has 0 bridgehead atoms. The predicted octanol–water partition coefficient (Wildman–Crippen LogP) is 5.62. The lowest BCUT2D eigenvalue weighted by atomic mass is 10.1. The Balaban J connectivity index is 1.99. The highest BCUT2D eigenvalue weighted by atomic mass is 31.2. The number of hydrogen-bond acceptors (Lipinski definition) is 9. The van der Waals surface area contributed by atoms with Crippen LogP contribution in [-0.4, -0.2) is 68.8 Å². The summed E-state index contributed by atoms with van der Waals surface area (Å²) in [7, 11) is -5.08. The Morgan fingerprint density at radius 1 is 1.00 bits per heavy atom. The summed E-state index contributed by atoms with van der Waals surface area (Å²) in [5, 5.41) is 3.87. The number of alkyl halides is 9. The van der Waals surface area contributed by atoms with Gasteiger partial charge in [0.1, 0.15) is 35.5 Å². The van der Waals surface area contributed by atoms with Crippen molar-refractivity contribution in [3.05, 3.63) is 42.5 Å². The summed E-state index contributed by atoms with van der Waals surface area (Å²) in [6.45, 7) is 2.55. The van der Waals surface area contributed by atoms with Gasteiger partial charge >= 0.3 is 24.7 Å². The Morgan fingerprint density at radius 3 is 2.19 bits per heavy atom. The molecule has 3 aromatic rings. The van der Waals surface area contributed by atoms with Crippen molar-refractivity contribution in [1.82, 2.24) is 29.7 Å². The number of aromatic nitrogens is 4. The van der Waals surface area contributed by atoms with Gasteiger partial charge in [-0.2, -0.15) is 26.3 Å². The Bertz CT molecular complexity index is 1560. The van der Waals surface area contributed by atoms with Gasteiger partial charge in [0.15, 0.2) is 17.6 Å². The monoisotopic (exact) mass is 709 g/mol. The normalized spacial score (nSPS) is 15.7. The molecule has 0 aliphatic heterocycles. The summed E-state index contributed by atoms with van der Waals surface area (Å²) in [6.07, 6.45) is -17.8. The van der Waals surface area contributed by atoms with Crippen molar-refractivity contribution < 1.29 is 63.1 Å². The van der Waals surface area contributed by atoms with Crippen LogP contribution in [0.25, 0.3) is 11.2 Å². The summed E-state index contributed by atoms with van der Waals surface area (Å²) >= 11 is 0. The van der Waals surface area contributed by atoms with Crippen molar-refractivity contribution in [2.45, 2.75) is 70.1 Å². The van der Waals surface area contributed by atoms with Gasteiger partial charge in [-0.05, 0) is 38.0 Å². The maximum Gasteiger partial charge on any atom is 0.573 e. The van der Waals surface area contributed by atoms with E-state index in [1.165, 1.54) is 0 Å². The number of carbonyl (C=O) groups is 1. The van der Waals surface area contributed by atoms with Gasteiger partial charge < -0.3 is 24.5 Å². The molecule has 0 saturated carbocycles. The van der Waals surface area contributed by atoms with E-state index in [-0.39, 0.29) is 23.6 Å². The Kier molecular flexibility index (Phi) is 11.4. The fourth-order valence-corrected chi connectivity index (χ4v) is 6.34. The summed E-state index contributed by atoms with van der Waals surface area (Å²) < 4.78 is 152. The molecule has 47 heavy (non-hydrogen) atoms. The Labute approximate surface area is 260 Å². The number of esters is 1. The van der Waals surface area contributed by atoms with Crippen molar-refractivity contribution in [2.75, 3.05) is 18.7 Å². The van der Waals surface area contributed by atoms with Crippen LogP contribution >= 0.6 is 7.44 Å². The third kappa shape index (κ3) is 10.4. The zero-order valence-corrected chi connectivity index (χ0v) is 25.6. The van der Waals surface area contributed by atoms with Crippen LogP contribution in [0.15, 0.2) is 36.9 Å². The maximum absolute atomic E-state index is 14.3. The molecule has 0 radical (unpaired) electrons. The Morgan fingerprint density at radius 2 is 1.64 bits per heavy atom. The van der Waals surface area contributed by atoms with E-state index in [0.29, 0.717) is 30.7 Å². The Hall–Kier alpha value is -3.68. The zero-order chi connectivity index (χ0) is 35.4. The molecular formula is C25H29F9N7O5P. The van der Waals surface area contributed by atoms with Crippen molar-refractivity contribution in [3.8, 4) is 5.75 Å². The lowest BCUT2D eigenvalue weighted by molar-refractivity contribution is -0.274. The smallest absolute Gasteiger partial charge is 0.464 e. The molecule has 262 valence electrons. The fraction of sp³-hybridized carbons (Fsp3) is 0.520. The van der Waals surface area contributed by atoms with Crippen LogP contribution < -0.4 is 20.6 Å². The van der Waals surface area contributed by atoms with E-state index in [1.54, 1.807) is 12.0 Å².